The molecule has 0 saturated carbocycles. The summed E-state index contributed by atoms with van der Waals surface area (Å²) in [4.78, 5) is 50.1. The van der Waals surface area contributed by atoms with Gasteiger partial charge in [-0.2, -0.15) is 0 Å². The van der Waals surface area contributed by atoms with Crippen molar-refractivity contribution >= 4 is 35.6 Å². The third-order valence-corrected chi connectivity index (χ3v) is 5.18. The van der Waals surface area contributed by atoms with Gasteiger partial charge in [-0.1, -0.05) is 0 Å². The number of carboxylic acids is 1. The van der Waals surface area contributed by atoms with Crippen molar-refractivity contribution in [1.29, 1.82) is 0 Å². The van der Waals surface area contributed by atoms with Crippen LogP contribution in [0.2, 0.25) is 0 Å². The molecule has 1 saturated heterocycles. The number of urea groups is 1. The van der Waals surface area contributed by atoms with Crippen LogP contribution in [0.25, 0.3) is 11.8 Å². The molecule has 2 aliphatic heterocycles. The highest BCUT2D eigenvalue weighted by atomic mass is 16.7. The van der Waals surface area contributed by atoms with Gasteiger partial charge in [0.15, 0.2) is 11.5 Å². The number of benzene rings is 2. The van der Waals surface area contributed by atoms with E-state index in [4.69, 9.17) is 14.6 Å². The lowest BCUT2D eigenvalue weighted by Gasteiger charge is -2.26. The largest absolute Gasteiger partial charge is 0.478 e. The van der Waals surface area contributed by atoms with E-state index in [1.165, 1.54) is 30.3 Å². The Hall–Kier alpha value is -4.86. The number of imide groups is 2. The van der Waals surface area contributed by atoms with E-state index >= 15 is 0 Å². The SMILES string of the molecule is O=C1NC(=O)N(c2ccc3c(c2)OCO3)C(=O)/C1=C/c1cccn1-c1ccc(C(=O)O)cc1. The number of nitrogens with zero attached hydrogens (tertiary/aromatic N) is 2. The summed E-state index contributed by atoms with van der Waals surface area (Å²) in [5.74, 6) is -1.79. The van der Waals surface area contributed by atoms with Crippen molar-refractivity contribution in [3.8, 4) is 17.2 Å². The van der Waals surface area contributed by atoms with Crippen LogP contribution in [0.15, 0.2) is 66.4 Å². The zero-order valence-electron chi connectivity index (χ0n) is 16.8. The van der Waals surface area contributed by atoms with Crippen molar-refractivity contribution in [2.24, 2.45) is 0 Å². The van der Waals surface area contributed by atoms with Crippen LogP contribution in [0, 0.1) is 0 Å². The summed E-state index contributed by atoms with van der Waals surface area (Å²) in [6, 6.07) is 13.2. The zero-order valence-corrected chi connectivity index (χ0v) is 16.8. The first-order chi connectivity index (χ1) is 15.9. The second-order valence-corrected chi connectivity index (χ2v) is 7.15. The maximum absolute atomic E-state index is 13.2. The minimum Gasteiger partial charge on any atom is -0.478 e. The maximum atomic E-state index is 13.2. The lowest BCUT2D eigenvalue weighted by Crippen LogP contribution is -2.54. The topological polar surface area (TPSA) is 127 Å². The number of barbiturate groups is 1. The molecule has 5 rings (SSSR count). The molecule has 0 radical (unpaired) electrons. The number of carbonyl (C=O) groups is 4. The average molecular weight is 445 g/mol. The van der Waals surface area contributed by atoms with E-state index in [1.54, 1.807) is 41.1 Å². The Morgan fingerprint density at radius 3 is 2.45 bits per heavy atom. The van der Waals surface area contributed by atoms with Crippen molar-refractivity contribution in [3.63, 3.8) is 0 Å². The van der Waals surface area contributed by atoms with Gasteiger partial charge in [0.25, 0.3) is 11.8 Å². The third kappa shape index (κ3) is 3.49. The molecule has 0 spiro atoms. The molecule has 164 valence electrons. The molecule has 0 unspecified atom stereocenters. The number of anilines is 1. The van der Waals surface area contributed by atoms with Gasteiger partial charge in [0.2, 0.25) is 6.79 Å². The minimum absolute atomic E-state index is 0.0347. The predicted octanol–water partition coefficient (Wildman–Crippen LogP) is 2.57. The molecule has 1 fully saturated rings. The van der Waals surface area contributed by atoms with Crippen LogP contribution in [0.3, 0.4) is 0 Å². The molecule has 0 atom stereocenters. The normalized spacial score (nSPS) is 16.3. The number of carboxylic acid groups (broad SMARTS) is 1. The first-order valence-corrected chi connectivity index (χ1v) is 9.74. The molecule has 3 heterocycles. The van der Waals surface area contributed by atoms with Gasteiger partial charge < -0.3 is 19.1 Å². The molecule has 10 heteroatoms. The standard InChI is InChI=1S/C23H15N3O7/c27-20-17(10-15-2-1-9-25(15)14-5-3-13(4-6-14)22(29)30)21(28)26(23(31)24-20)16-7-8-18-19(11-16)33-12-32-18/h1-11H,12H2,(H,29,30)(H,24,27,31)/b17-10+. The molecule has 4 amide bonds. The van der Waals surface area contributed by atoms with Gasteiger partial charge in [-0.3, -0.25) is 14.9 Å². The Bertz CT molecular complexity index is 1350. The monoisotopic (exact) mass is 445 g/mol. The van der Waals surface area contributed by atoms with Crippen LogP contribution in [0.4, 0.5) is 10.5 Å². The Morgan fingerprint density at radius 1 is 0.970 bits per heavy atom. The van der Waals surface area contributed by atoms with E-state index in [9.17, 15) is 19.2 Å². The number of nitrogens with one attached hydrogen (secondary N) is 1. The number of hydrogen-bond donors (Lipinski definition) is 2. The minimum atomic E-state index is -1.05. The van der Waals surface area contributed by atoms with E-state index in [0.717, 1.165) is 4.90 Å². The molecule has 2 aromatic carbocycles. The number of aromatic carboxylic acids is 1. The van der Waals surface area contributed by atoms with Crippen LogP contribution in [0.1, 0.15) is 16.1 Å². The second-order valence-electron chi connectivity index (χ2n) is 7.15. The van der Waals surface area contributed by atoms with Crippen molar-refractivity contribution in [3.05, 3.63) is 77.6 Å². The van der Waals surface area contributed by atoms with Crippen molar-refractivity contribution in [1.82, 2.24) is 9.88 Å². The molecular formula is C23H15N3O7. The highest BCUT2D eigenvalue weighted by Crippen LogP contribution is 2.36. The van der Waals surface area contributed by atoms with Gasteiger partial charge in [-0.15, -0.1) is 0 Å². The van der Waals surface area contributed by atoms with Gasteiger partial charge in [-0.05, 0) is 54.6 Å². The van der Waals surface area contributed by atoms with Crippen LogP contribution in [0.5, 0.6) is 11.5 Å². The number of ether oxygens (including phenoxy) is 2. The van der Waals surface area contributed by atoms with Crippen molar-refractivity contribution in [2.45, 2.75) is 0 Å². The molecule has 33 heavy (non-hydrogen) atoms. The second kappa shape index (κ2) is 7.68. The number of aromatic nitrogens is 1. The van der Waals surface area contributed by atoms with E-state index in [0.29, 0.717) is 22.9 Å². The molecular weight excluding hydrogens is 430 g/mol. The molecule has 1 aromatic heterocycles. The summed E-state index contributed by atoms with van der Waals surface area (Å²) >= 11 is 0. The van der Waals surface area contributed by atoms with E-state index in [2.05, 4.69) is 5.32 Å². The van der Waals surface area contributed by atoms with Gasteiger partial charge >= 0.3 is 12.0 Å². The fourth-order valence-electron chi connectivity index (χ4n) is 3.58. The molecule has 10 nitrogen and oxygen atoms in total. The maximum Gasteiger partial charge on any atom is 0.335 e. The number of hydrogen-bond acceptors (Lipinski definition) is 6. The smallest absolute Gasteiger partial charge is 0.335 e. The summed E-state index contributed by atoms with van der Waals surface area (Å²) in [7, 11) is 0. The molecule has 3 aromatic rings. The Balaban J connectivity index is 1.50. The van der Waals surface area contributed by atoms with Crippen LogP contribution in [-0.4, -0.2) is 40.3 Å². The van der Waals surface area contributed by atoms with E-state index < -0.39 is 23.8 Å². The first kappa shape index (κ1) is 20.1. The number of rotatable bonds is 4. The first-order valence-electron chi connectivity index (χ1n) is 9.74. The van der Waals surface area contributed by atoms with Crippen LogP contribution in [-0.2, 0) is 9.59 Å². The fraction of sp³-hybridized carbons (Fsp3) is 0.0435. The lowest BCUT2D eigenvalue weighted by molar-refractivity contribution is -0.122. The molecule has 2 N–H and O–H groups in total. The Labute approximate surface area is 186 Å². The molecule has 0 aliphatic carbocycles. The van der Waals surface area contributed by atoms with Crippen LogP contribution < -0.4 is 19.7 Å². The van der Waals surface area contributed by atoms with Gasteiger partial charge in [0, 0.05) is 23.6 Å². The summed E-state index contributed by atoms with van der Waals surface area (Å²) in [6.07, 6.45) is 3.07. The highest BCUT2D eigenvalue weighted by Gasteiger charge is 2.37. The fourth-order valence-corrected chi connectivity index (χ4v) is 3.58. The molecule has 0 bridgehead atoms. The van der Waals surface area contributed by atoms with Gasteiger partial charge in [0.1, 0.15) is 5.57 Å². The number of fused-ring (bicyclic) bond motifs is 1. The van der Waals surface area contributed by atoms with E-state index in [1.807, 2.05) is 0 Å². The third-order valence-electron chi connectivity index (χ3n) is 5.18. The summed E-state index contributed by atoms with van der Waals surface area (Å²) in [6.45, 7) is 0.0347. The zero-order chi connectivity index (χ0) is 23.1. The van der Waals surface area contributed by atoms with Gasteiger partial charge in [-0.25, -0.2) is 14.5 Å². The van der Waals surface area contributed by atoms with Crippen molar-refractivity contribution < 1.29 is 33.8 Å². The van der Waals surface area contributed by atoms with Crippen LogP contribution >= 0.6 is 0 Å². The average Bonchev–Trinajstić information content (AvgIpc) is 3.45. The highest BCUT2D eigenvalue weighted by molar-refractivity contribution is 6.39. The summed E-state index contributed by atoms with van der Waals surface area (Å²) in [5.41, 5.74) is 1.22. The van der Waals surface area contributed by atoms with E-state index in [-0.39, 0.29) is 23.6 Å². The number of amides is 4. The lowest BCUT2D eigenvalue weighted by atomic mass is 10.1. The van der Waals surface area contributed by atoms with Crippen molar-refractivity contribution in [2.75, 3.05) is 11.7 Å². The number of carbonyl (C=O) groups excluding carboxylic acids is 3. The summed E-state index contributed by atoms with van der Waals surface area (Å²) < 4.78 is 12.2. The summed E-state index contributed by atoms with van der Waals surface area (Å²) in [5, 5.41) is 11.3. The Morgan fingerprint density at radius 2 is 1.70 bits per heavy atom. The Kier molecular flexibility index (Phi) is 4.67. The predicted molar refractivity (Wildman–Crippen MR) is 114 cm³/mol. The quantitative estimate of drug-likeness (QED) is 0.467. The molecule has 2 aliphatic rings. The van der Waals surface area contributed by atoms with Gasteiger partial charge in [0.05, 0.1) is 11.3 Å².